The summed E-state index contributed by atoms with van der Waals surface area (Å²) in [5, 5.41) is 11.5. The van der Waals surface area contributed by atoms with Gasteiger partial charge in [-0.25, -0.2) is 4.39 Å². The average molecular weight is 393 g/mol. The summed E-state index contributed by atoms with van der Waals surface area (Å²) in [5.41, 5.74) is 1.75. The second-order valence-electron chi connectivity index (χ2n) is 6.34. The molecule has 2 N–H and O–H groups in total. The van der Waals surface area contributed by atoms with Gasteiger partial charge in [0.2, 0.25) is 0 Å². The van der Waals surface area contributed by atoms with Gasteiger partial charge in [-0.2, -0.15) is 5.10 Å². The lowest BCUT2D eigenvalue weighted by Gasteiger charge is -2.12. The number of halogens is 1. The average Bonchev–Trinajstić information content (AvgIpc) is 3.18. The number of fused-ring (bicyclic) bond motifs is 1. The first-order chi connectivity index (χ1) is 14.2. The van der Waals surface area contributed by atoms with Gasteiger partial charge in [-0.15, -0.1) is 0 Å². The Labute approximate surface area is 167 Å². The highest BCUT2D eigenvalue weighted by Gasteiger charge is 2.13. The van der Waals surface area contributed by atoms with Crippen molar-refractivity contribution in [3.8, 4) is 23.0 Å². The topological polar surface area (TPSA) is 68.4 Å². The number of rotatable bonds is 7. The van der Waals surface area contributed by atoms with Crippen LogP contribution in [0.1, 0.15) is 5.56 Å². The van der Waals surface area contributed by atoms with Crippen LogP contribution in [0.5, 0.6) is 23.0 Å². The van der Waals surface area contributed by atoms with Crippen LogP contribution in [-0.2, 0) is 6.54 Å². The van der Waals surface area contributed by atoms with Gasteiger partial charge in [0.05, 0.1) is 25.1 Å². The van der Waals surface area contributed by atoms with E-state index < -0.39 is 0 Å². The van der Waals surface area contributed by atoms with Gasteiger partial charge >= 0.3 is 0 Å². The lowest BCUT2D eigenvalue weighted by atomic mass is 10.1. The van der Waals surface area contributed by atoms with E-state index in [1.165, 1.54) is 12.1 Å². The first kappa shape index (κ1) is 18.6. The lowest BCUT2D eigenvalue weighted by Crippen LogP contribution is -2.03. The molecule has 6 nitrogen and oxygen atoms in total. The molecule has 7 heteroatoms. The maximum Gasteiger partial charge on any atom is 0.159 e. The standard InChI is InChI=1S/C22H20FN3O3/c1-27-17-10-11-19(28-2)14(12-17)13-24-22-21-18(25-26-22)4-3-5-20(21)29-16-8-6-15(23)7-9-16/h3-12H,13H2,1-2H3,(H2,24,25,26). The molecule has 0 fully saturated rings. The van der Waals surface area contributed by atoms with Crippen molar-refractivity contribution >= 4 is 16.7 Å². The Morgan fingerprint density at radius 1 is 0.931 bits per heavy atom. The van der Waals surface area contributed by atoms with Crippen molar-refractivity contribution < 1.29 is 18.6 Å². The number of benzene rings is 3. The van der Waals surface area contributed by atoms with Crippen LogP contribution < -0.4 is 19.5 Å². The molecule has 0 saturated heterocycles. The van der Waals surface area contributed by atoms with E-state index in [0.29, 0.717) is 23.9 Å². The van der Waals surface area contributed by atoms with Gasteiger partial charge in [0.1, 0.15) is 28.8 Å². The van der Waals surface area contributed by atoms with Gasteiger partial charge in [0, 0.05) is 12.1 Å². The Morgan fingerprint density at radius 2 is 1.72 bits per heavy atom. The molecule has 1 aromatic heterocycles. The summed E-state index contributed by atoms with van der Waals surface area (Å²) >= 11 is 0. The third kappa shape index (κ3) is 3.94. The molecule has 0 aliphatic rings. The molecular formula is C22H20FN3O3. The van der Waals surface area contributed by atoms with Crippen LogP contribution in [0.15, 0.2) is 60.7 Å². The van der Waals surface area contributed by atoms with Crippen molar-refractivity contribution in [1.29, 1.82) is 0 Å². The van der Waals surface area contributed by atoms with Crippen LogP contribution in [0, 0.1) is 5.82 Å². The highest BCUT2D eigenvalue weighted by Crippen LogP contribution is 2.34. The van der Waals surface area contributed by atoms with Gasteiger partial charge in [-0.1, -0.05) is 6.07 Å². The number of hydrogen-bond donors (Lipinski definition) is 2. The normalized spacial score (nSPS) is 10.7. The third-order valence-electron chi connectivity index (χ3n) is 4.53. The number of ether oxygens (including phenoxy) is 3. The Hall–Kier alpha value is -3.74. The fourth-order valence-electron chi connectivity index (χ4n) is 3.08. The van der Waals surface area contributed by atoms with E-state index in [-0.39, 0.29) is 5.82 Å². The van der Waals surface area contributed by atoms with E-state index in [4.69, 9.17) is 14.2 Å². The van der Waals surface area contributed by atoms with Gasteiger partial charge in [0.15, 0.2) is 5.82 Å². The molecule has 4 rings (SSSR count). The number of nitrogens with one attached hydrogen (secondary N) is 2. The highest BCUT2D eigenvalue weighted by atomic mass is 19.1. The van der Waals surface area contributed by atoms with Crippen molar-refractivity contribution in [3.05, 3.63) is 72.0 Å². The number of H-pyrrole nitrogens is 1. The van der Waals surface area contributed by atoms with Crippen LogP contribution in [0.3, 0.4) is 0 Å². The van der Waals surface area contributed by atoms with E-state index in [0.717, 1.165) is 28.0 Å². The first-order valence-corrected chi connectivity index (χ1v) is 9.03. The zero-order valence-corrected chi connectivity index (χ0v) is 16.0. The molecular weight excluding hydrogens is 373 g/mol. The van der Waals surface area contributed by atoms with Crippen molar-refractivity contribution in [1.82, 2.24) is 10.2 Å². The number of nitrogens with zero attached hydrogens (tertiary/aromatic N) is 1. The number of hydrogen-bond acceptors (Lipinski definition) is 5. The molecule has 1 heterocycles. The molecule has 0 spiro atoms. The molecule has 4 aromatic rings. The molecule has 0 aliphatic carbocycles. The number of methoxy groups -OCH3 is 2. The molecule has 29 heavy (non-hydrogen) atoms. The molecule has 0 radical (unpaired) electrons. The summed E-state index contributed by atoms with van der Waals surface area (Å²) in [5.74, 6) is 2.98. The van der Waals surface area contributed by atoms with Crippen molar-refractivity contribution in [2.75, 3.05) is 19.5 Å². The minimum Gasteiger partial charge on any atom is -0.497 e. The minimum absolute atomic E-state index is 0.312. The Morgan fingerprint density at radius 3 is 2.48 bits per heavy atom. The summed E-state index contributed by atoms with van der Waals surface area (Å²) in [4.78, 5) is 0. The minimum atomic E-state index is -0.312. The quantitative estimate of drug-likeness (QED) is 0.456. The van der Waals surface area contributed by atoms with Gasteiger partial charge < -0.3 is 19.5 Å². The van der Waals surface area contributed by atoms with Gasteiger partial charge in [0.25, 0.3) is 0 Å². The molecule has 148 valence electrons. The summed E-state index contributed by atoms with van der Waals surface area (Å²) < 4.78 is 29.9. The fraction of sp³-hybridized carbons (Fsp3) is 0.136. The number of aromatic amines is 1. The number of anilines is 1. The predicted octanol–water partition coefficient (Wildman–Crippen LogP) is 5.12. The van der Waals surface area contributed by atoms with Crippen LogP contribution in [0.25, 0.3) is 10.9 Å². The van der Waals surface area contributed by atoms with Gasteiger partial charge in [-0.3, -0.25) is 5.10 Å². The molecule has 0 bridgehead atoms. The Kier molecular flexibility index (Phi) is 5.20. The van der Waals surface area contributed by atoms with Crippen molar-refractivity contribution in [3.63, 3.8) is 0 Å². The van der Waals surface area contributed by atoms with Crippen molar-refractivity contribution in [2.24, 2.45) is 0 Å². The van der Waals surface area contributed by atoms with Gasteiger partial charge in [-0.05, 0) is 54.6 Å². The van der Waals surface area contributed by atoms with Crippen molar-refractivity contribution in [2.45, 2.75) is 6.54 Å². The molecule has 0 aliphatic heterocycles. The molecule has 3 aromatic carbocycles. The van der Waals surface area contributed by atoms with Crippen LogP contribution in [0.4, 0.5) is 10.2 Å². The monoisotopic (exact) mass is 393 g/mol. The van der Waals surface area contributed by atoms with Crippen LogP contribution >= 0.6 is 0 Å². The van der Waals surface area contributed by atoms with E-state index in [2.05, 4.69) is 15.5 Å². The first-order valence-electron chi connectivity index (χ1n) is 9.03. The van der Waals surface area contributed by atoms with Crippen LogP contribution in [0.2, 0.25) is 0 Å². The lowest BCUT2D eigenvalue weighted by molar-refractivity contribution is 0.399. The Bertz CT molecular complexity index is 1130. The van der Waals surface area contributed by atoms with Crippen LogP contribution in [-0.4, -0.2) is 24.4 Å². The third-order valence-corrected chi connectivity index (χ3v) is 4.53. The second-order valence-corrected chi connectivity index (χ2v) is 6.34. The summed E-state index contributed by atoms with van der Waals surface area (Å²) in [6.07, 6.45) is 0. The van der Waals surface area contributed by atoms with E-state index in [1.54, 1.807) is 26.4 Å². The maximum atomic E-state index is 13.2. The largest absolute Gasteiger partial charge is 0.497 e. The molecule has 0 atom stereocenters. The molecule has 0 unspecified atom stereocenters. The van der Waals surface area contributed by atoms with E-state index in [1.807, 2.05) is 36.4 Å². The molecule has 0 amide bonds. The summed E-state index contributed by atoms with van der Waals surface area (Å²) in [6.45, 7) is 0.477. The SMILES string of the molecule is COc1ccc(OC)c(CNc2n[nH]c3cccc(Oc4ccc(F)cc4)c23)c1. The smallest absolute Gasteiger partial charge is 0.159 e. The van der Waals surface area contributed by atoms with E-state index in [9.17, 15) is 4.39 Å². The molecule has 0 saturated carbocycles. The summed E-state index contributed by atoms with van der Waals surface area (Å²) in [6, 6.07) is 17.1. The zero-order chi connectivity index (χ0) is 20.2. The Balaban J connectivity index is 1.62. The van der Waals surface area contributed by atoms with E-state index >= 15 is 0 Å². The number of aromatic nitrogens is 2. The zero-order valence-electron chi connectivity index (χ0n) is 16.0. The maximum absolute atomic E-state index is 13.2. The fourth-order valence-corrected chi connectivity index (χ4v) is 3.08. The highest BCUT2D eigenvalue weighted by molar-refractivity contribution is 5.95. The predicted molar refractivity (Wildman–Crippen MR) is 109 cm³/mol. The second kappa shape index (κ2) is 8.10. The summed E-state index contributed by atoms with van der Waals surface area (Å²) in [7, 11) is 3.25.